The van der Waals surface area contributed by atoms with Gasteiger partial charge in [-0.25, -0.2) is 9.97 Å². The summed E-state index contributed by atoms with van der Waals surface area (Å²) in [6.07, 6.45) is 1.68. The zero-order valence-electron chi connectivity index (χ0n) is 17.4. The van der Waals surface area contributed by atoms with Crippen molar-refractivity contribution >= 4 is 17.5 Å². The lowest BCUT2D eigenvalue weighted by Gasteiger charge is -2.11. The third-order valence-electron chi connectivity index (χ3n) is 4.63. The normalized spacial score (nSPS) is 11.1. The van der Waals surface area contributed by atoms with Crippen LogP contribution < -0.4 is 26.4 Å². The van der Waals surface area contributed by atoms with Gasteiger partial charge in [0, 0.05) is 23.5 Å². The molecule has 0 saturated heterocycles. The Bertz CT molecular complexity index is 1240. The summed E-state index contributed by atoms with van der Waals surface area (Å²) in [5, 5.41) is 6.79. The second kappa shape index (κ2) is 9.48. The molecule has 3 aromatic carbocycles. The molecule has 0 bridgehead atoms. The molecule has 1 aromatic heterocycles. The van der Waals surface area contributed by atoms with Crippen molar-refractivity contribution in [3.8, 4) is 28.5 Å². The van der Waals surface area contributed by atoms with E-state index in [1.54, 1.807) is 19.4 Å². The van der Waals surface area contributed by atoms with Crippen LogP contribution in [0.25, 0.3) is 11.3 Å². The predicted octanol–water partition coefficient (Wildman–Crippen LogP) is 4.27. The number of nitrogens with one attached hydrogen (secondary N) is 1. The molecule has 1 heterocycles. The maximum atomic E-state index is 5.91. The summed E-state index contributed by atoms with van der Waals surface area (Å²) in [6.45, 7) is 0. The first kappa shape index (κ1) is 20.7. The molecule has 4 rings (SSSR count). The lowest BCUT2D eigenvalue weighted by atomic mass is 10.1. The topological polar surface area (TPSA) is 121 Å². The molecule has 0 aliphatic rings. The number of hydrogen-bond donors (Lipinski definition) is 3. The second-order valence-electron chi connectivity index (χ2n) is 6.76. The van der Waals surface area contributed by atoms with Crippen molar-refractivity contribution < 1.29 is 9.47 Å². The van der Waals surface area contributed by atoms with Crippen LogP contribution in [0.5, 0.6) is 17.2 Å². The number of anilines is 2. The van der Waals surface area contributed by atoms with Crippen LogP contribution >= 0.6 is 0 Å². The van der Waals surface area contributed by atoms with Crippen molar-refractivity contribution in [2.75, 3.05) is 12.4 Å². The summed E-state index contributed by atoms with van der Waals surface area (Å²) in [7, 11) is 1.56. The highest BCUT2D eigenvalue weighted by atomic mass is 16.5. The number of hydrogen-bond acceptors (Lipinski definition) is 7. The molecule has 0 unspecified atom stereocenters. The number of nitrogens with zero attached hydrogens (tertiary/aromatic N) is 3. The highest BCUT2D eigenvalue weighted by Crippen LogP contribution is 2.28. The second-order valence-corrected chi connectivity index (χ2v) is 6.76. The number of ether oxygens (including phenoxy) is 2. The van der Waals surface area contributed by atoms with E-state index in [-0.39, 0.29) is 5.84 Å². The van der Waals surface area contributed by atoms with E-state index in [2.05, 4.69) is 20.4 Å². The molecule has 32 heavy (non-hydrogen) atoms. The van der Waals surface area contributed by atoms with Gasteiger partial charge in [0.1, 0.15) is 17.2 Å². The van der Waals surface area contributed by atoms with Crippen LogP contribution in [0.1, 0.15) is 5.56 Å². The van der Waals surface area contributed by atoms with Crippen LogP contribution in [-0.4, -0.2) is 22.9 Å². The summed E-state index contributed by atoms with van der Waals surface area (Å²) in [5.41, 5.74) is 8.81. The van der Waals surface area contributed by atoms with E-state index in [9.17, 15) is 0 Å². The number of benzene rings is 3. The molecule has 0 aliphatic heterocycles. The zero-order chi connectivity index (χ0) is 22.3. The standard InChI is InChI=1S/C24H22N6O2/c1-31-22-11-10-16(14-20(22)23(25)30-26)21-12-13-27-24(29-21)28-17-6-5-9-19(15-17)32-18-7-3-2-4-8-18/h2-15H,26H2,1H3,(H2,25,30)(H,27,28,29). The Labute approximate surface area is 185 Å². The fourth-order valence-corrected chi connectivity index (χ4v) is 3.11. The van der Waals surface area contributed by atoms with Crippen LogP contribution in [0.3, 0.4) is 0 Å². The molecule has 4 aromatic rings. The number of hydrazone groups is 1. The monoisotopic (exact) mass is 426 g/mol. The van der Waals surface area contributed by atoms with Gasteiger partial charge in [0.05, 0.1) is 18.4 Å². The van der Waals surface area contributed by atoms with E-state index >= 15 is 0 Å². The molecule has 0 atom stereocenters. The van der Waals surface area contributed by atoms with Gasteiger partial charge in [-0.15, -0.1) is 0 Å². The van der Waals surface area contributed by atoms with Crippen LogP contribution in [0, 0.1) is 0 Å². The first-order valence-corrected chi connectivity index (χ1v) is 9.81. The number of methoxy groups -OCH3 is 1. The van der Waals surface area contributed by atoms with E-state index in [1.807, 2.05) is 72.8 Å². The van der Waals surface area contributed by atoms with Crippen LogP contribution in [0.4, 0.5) is 11.6 Å². The molecular formula is C24H22N6O2. The fourth-order valence-electron chi connectivity index (χ4n) is 3.11. The van der Waals surface area contributed by atoms with Gasteiger partial charge in [-0.05, 0) is 48.5 Å². The van der Waals surface area contributed by atoms with Gasteiger partial charge in [-0.1, -0.05) is 24.3 Å². The summed E-state index contributed by atoms with van der Waals surface area (Å²) < 4.78 is 11.2. The van der Waals surface area contributed by atoms with Crippen LogP contribution in [0.2, 0.25) is 0 Å². The SMILES string of the molecule is COc1ccc(-c2ccnc(Nc3cccc(Oc4ccccc4)c3)n2)cc1/C(N)=N/N. The average Bonchev–Trinajstić information content (AvgIpc) is 2.84. The number of amidine groups is 1. The Morgan fingerprint density at radius 1 is 0.938 bits per heavy atom. The highest BCUT2D eigenvalue weighted by Gasteiger charge is 2.11. The van der Waals surface area contributed by atoms with E-state index in [0.717, 1.165) is 17.0 Å². The Balaban J connectivity index is 1.57. The molecule has 160 valence electrons. The Hall–Kier alpha value is -4.59. The Morgan fingerprint density at radius 2 is 1.75 bits per heavy atom. The average molecular weight is 426 g/mol. The molecule has 0 aliphatic carbocycles. The molecule has 0 radical (unpaired) electrons. The number of para-hydroxylation sites is 1. The first-order chi connectivity index (χ1) is 15.7. The largest absolute Gasteiger partial charge is 0.496 e. The van der Waals surface area contributed by atoms with Crippen molar-refractivity contribution in [2.24, 2.45) is 16.7 Å². The summed E-state index contributed by atoms with van der Waals surface area (Å²) >= 11 is 0. The molecule has 0 fully saturated rings. The Kier molecular flexibility index (Phi) is 6.12. The van der Waals surface area contributed by atoms with Gasteiger partial charge in [0.25, 0.3) is 0 Å². The lowest BCUT2D eigenvalue weighted by molar-refractivity contribution is 0.414. The predicted molar refractivity (Wildman–Crippen MR) is 125 cm³/mol. The van der Waals surface area contributed by atoms with Gasteiger partial charge in [0.15, 0.2) is 5.84 Å². The van der Waals surface area contributed by atoms with Crippen molar-refractivity contribution in [2.45, 2.75) is 0 Å². The van der Waals surface area contributed by atoms with Gasteiger partial charge >= 0.3 is 0 Å². The summed E-state index contributed by atoms with van der Waals surface area (Å²) in [6, 6.07) is 24.5. The molecule has 5 N–H and O–H groups in total. The number of nitrogens with two attached hydrogens (primary N) is 2. The molecule has 0 spiro atoms. The minimum Gasteiger partial charge on any atom is -0.496 e. The Morgan fingerprint density at radius 3 is 2.53 bits per heavy atom. The summed E-state index contributed by atoms with van der Waals surface area (Å²) in [4.78, 5) is 8.94. The van der Waals surface area contributed by atoms with Crippen molar-refractivity contribution in [1.29, 1.82) is 0 Å². The first-order valence-electron chi connectivity index (χ1n) is 9.81. The highest BCUT2D eigenvalue weighted by molar-refractivity contribution is 6.00. The maximum absolute atomic E-state index is 5.91. The van der Waals surface area contributed by atoms with E-state index in [4.69, 9.17) is 21.1 Å². The summed E-state index contributed by atoms with van der Waals surface area (Å²) in [5.74, 6) is 8.00. The van der Waals surface area contributed by atoms with Crippen molar-refractivity contribution in [3.63, 3.8) is 0 Å². The van der Waals surface area contributed by atoms with E-state index < -0.39 is 0 Å². The minimum absolute atomic E-state index is 0.173. The molecule has 8 heteroatoms. The molecule has 8 nitrogen and oxygen atoms in total. The maximum Gasteiger partial charge on any atom is 0.227 e. The van der Waals surface area contributed by atoms with Gasteiger partial charge in [-0.2, -0.15) is 5.10 Å². The zero-order valence-corrected chi connectivity index (χ0v) is 17.4. The molecule has 0 saturated carbocycles. The third-order valence-corrected chi connectivity index (χ3v) is 4.63. The smallest absolute Gasteiger partial charge is 0.227 e. The van der Waals surface area contributed by atoms with Gasteiger partial charge in [0.2, 0.25) is 5.95 Å². The van der Waals surface area contributed by atoms with Crippen molar-refractivity contribution in [1.82, 2.24) is 9.97 Å². The number of aromatic nitrogens is 2. The molecule has 0 amide bonds. The quantitative estimate of drug-likeness (QED) is 0.175. The van der Waals surface area contributed by atoms with Crippen LogP contribution in [0.15, 0.2) is 90.2 Å². The van der Waals surface area contributed by atoms with E-state index in [1.165, 1.54) is 0 Å². The van der Waals surface area contributed by atoms with Gasteiger partial charge in [-0.3, -0.25) is 0 Å². The van der Waals surface area contributed by atoms with E-state index in [0.29, 0.717) is 28.7 Å². The fraction of sp³-hybridized carbons (Fsp3) is 0.0417. The molecular weight excluding hydrogens is 404 g/mol. The third kappa shape index (κ3) is 4.76. The van der Waals surface area contributed by atoms with Crippen molar-refractivity contribution in [3.05, 3.63) is 90.6 Å². The van der Waals surface area contributed by atoms with Gasteiger partial charge < -0.3 is 26.4 Å². The van der Waals surface area contributed by atoms with Crippen LogP contribution in [-0.2, 0) is 0 Å². The number of rotatable bonds is 7. The lowest BCUT2D eigenvalue weighted by Crippen LogP contribution is -2.16. The minimum atomic E-state index is 0.173.